The van der Waals surface area contributed by atoms with Crippen molar-refractivity contribution in [2.24, 2.45) is 11.5 Å². The second kappa shape index (κ2) is 9.02. The molecule has 2 unspecified atom stereocenters. The molecule has 0 amide bonds. The smallest absolute Gasteiger partial charge is 0.324 e. The van der Waals surface area contributed by atoms with Crippen LogP contribution in [0.3, 0.4) is 0 Å². The number of aliphatic carboxylic acids is 2. The number of carbonyl (C=O) groups is 2. The first-order valence-electron chi connectivity index (χ1n) is 6.66. The maximum atomic E-state index is 11.5. The Hall–Kier alpha value is -1.42. The van der Waals surface area contributed by atoms with Gasteiger partial charge in [0.2, 0.25) is 0 Å². The Morgan fingerprint density at radius 2 is 1.87 bits per heavy atom. The van der Waals surface area contributed by atoms with Crippen molar-refractivity contribution in [3.05, 3.63) is 29.8 Å². The molecule has 1 aromatic carbocycles. The molecule has 6 N–H and O–H groups in total. The molecular formula is C14H20N2O5S2. The molecule has 128 valence electrons. The predicted molar refractivity (Wildman–Crippen MR) is 91.8 cm³/mol. The van der Waals surface area contributed by atoms with E-state index in [1.165, 1.54) is 21.6 Å². The normalized spacial score (nSPS) is 14.7. The third-order valence-corrected chi connectivity index (χ3v) is 5.63. The number of rotatable bonds is 10. The van der Waals surface area contributed by atoms with Gasteiger partial charge in [-0.05, 0) is 17.7 Å². The summed E-state index contributed by atoms with van der Waals surface area (Å²) in [6.45, 7) is 0. The molecule has 0 heterocycles. The first-order valence-corrected chi connectivity index (χ1v) is 9.15. The summed E-state index contributed by atoms with van der Waals surface area (Å²) in [5.74, 6) is -1.21. The lowest BCUT2D eigenvalue weighted by molar-refractivity contribution is -0.142. The van der Waals surface area contributed by atoms with E-state index in [0.717, 1.165) is 5.56 Å². The molecule has 0 aromatic heterocycles. The molecule has 23 heavy (non-hydrogen) atoms. The van der Waals surface area contributed by atoms with Gasteiger partial charge in [-0.2, -0.15) is 0 Å². The lowest BCUT2D eigenvalue weighted by Gasteiger charge is -2.24. The van der Waals surface area contributed by atoms with E-state index in [0.29, 0.717) is 5.75 Å². The predicted octanol–water partition coefficient (Wildman–Crippen LogP) is 0.813. The molecule has 0 bridgehead atoms. The minimum Gasteiger partial charge on any atom is -0.497 e. The quantitative estimate of drug-likeness (QED) is 0.353. The third kappa shape index (κ3) is 6.30. The summed E-state index contributed by atoms with van der Waals surface area (Å²) in [4.78, 5) is 22.1. The number of carboxylic acids is 2. The van der Waals surface area contributed by atoms with Crippen LogP contribution >= 0.6 is 21.6 Å². The fourth-order valence-corrected chi connectivity index (χ4v) is 4.15. The summed E-state index contributed by atoms with van der Waals surface area (Å²) in [5, 5.41) is 18.1. The fourth-order valence-electron chi connectivity index (χ4n) is 1.64. The summed E-state index contributed by atoms with van der Waals surface area (Å²) >= 11 is 0. The molecule has 2 atom stereocenters. The zero-order valence-corrected chi connectivity index (χ0v) is 14.2. The molecule has 0 aliphatic rings. The second-order valence-corrected chi connectivity index (χ2v) is 7.49. The molecule has 0 spiro atoms. The number of carboxylic acid groups (broad SMARTS) is 2. The highest BCUT2D eigenvalue weighted by Gasteiger charge is 2.34. The van der Waals surface area contributed by atoms with Gasteiger partial charge in [0.25, 0.3) is 0 Å². The molecule has 0 aliphatic carbocycles. The molecule has 0 saturated carbocycles. The number of hydrogen-bond donors (Lipinski definition) is 4. The zero-order chi connectivity index (χ0) is 17.5. The molecule has 1 aromatic rings. The molecule has 0 radical (unpaired) electrons. The summed E-state index contributed by atoms with van der Waals surface area (Å²) in [5.41, 5.74) is 10.7. The zero-order valence-electron chi connectivity index (χ0n) is 12.6. The van der Waals surface area contributed by atoms with Crippen LogP contribution < -0.4 is 16.2 Å². The van der Waals surface area contributed by atoms with Crippen LogP contribution in [0.1, 0.15) is 5.56 Å². The average molecular weight is 360 g/mol. The van der Waals surface area contributed by atoms with E-state index in [2.05, 4.69) is 0 Å². The lowest BCUT2D eigenvalue weighted by atomic mass is 9.94. The van der Waals surface area contributed by atoms with Crippen molar-refractivity contribution in [2.45, 2.75) is 18.0 Å². The van der Waals surface area contributed by atoms with Gasteiger partial charge < -0.3 is 26.4 Å². The van der Waals surface area contributed by atoms with Crippen LogP contribution in [-0.4, -0.2) is 52.3 Å². The van der Waals surface area contributed by atoms with Gasteiger partial charge in [-0.1, -0.05) is 33.7 Å². The number of hydrogen-bond acceptors (Lipinski definition) is 7. The topological polar surface area (TPSA) is 136 Å². The Morgan fingerprint density at radius 1 is 1.26 bits per heavy atom. The van der Waals surface area contributed by atoms with Crippen molar-refractivity contribution in [3.63, 3.8) is 0 Å². The molecular weight excluding hydrogens is 340 g/mol. The highest BCUT2D eigenvalue weighted by Crippen LogP contribution is 2.27. The Kier molecular flexibility index (Phi) is 7.69. The summed E-state index contributed by atoms with van der Waals surface area (Å²) in [7, 11) is 3.95. The van der Waals surface area contributed by atoms with Gasteiger partial charge >= 0.3 is 11.9 Å². The van der Waals surface area contributed by atoms with Crippen molar-refractivity contribution in [3.8, 4) is 5.75 Å². The minimum atomic E-state index is -1.44. The van der Waals surface area contributed by atoms with Crippen molar-refractivity contribution in [1.29, 1.82) is 0 Å². The van der Waals surface area contributed by atoms with Gasteiger partial charge in [0.15, 0.2) is 0 Å². The molecule has 0 saturated heterocycles. The molecule has 0 aliphatic heterocycles. The maximum absolute atomic E-state index is 11.5. The maximum Gasteiger partial charge on any atom is 0.324 e. The summed E-state index contributed by atoms with van der Waals surface area (Å²) in [6, 6.07) is 6.03. The van der Waals surface area contributed by atoms with Crippen molar-refractivity contribution < 1.29 is 24.5 Å². The Bertz CT molecular complexity index is 540. The van der Waals surface area contributed by atoms with Gasteiger partial charge in [0.05, 0.1) is 7.11 Å². The number of nitrogens with two attached hydrogens (primary N) is 2. The highest BCUT2D eigenvalue weighted by atomic mass is 33.1. The molecule has 9 heteroatoms. The van der Waals surface area contributed by atoms with Crippen LogP contribution in [0.15, 0.2) is 24.3 Å². The van der Waals surface area contributed by atoms with Crippen molar-refractivity contribution in [1.82, 2.24) is 0 Å². The van der Waals surface area contributed by atoms with E-state index in [1.54, 1.807) is 31.4 Å². The highest BCUT2D eigenvalue weighted by molar-refractivity contribution is 8.76. The van der Waals surface area contributed by atoms with Gasteiger partial charge in [0.1, 0.15) is 17.3 Å². The van der Waals surface area contributed by atoms with Gasteiger partial charge in [-0.3, -0.25) is 9.59 Å². The summed E-state index contributed by atoms with van der Waals surface area (Å²) < 4.78 is 5.05. The number of ether oxygens (including phenoxy) is 1. The van der Waals surface area contributed by atoms with Crippen LogP contribution in [0.5, 0.6) is 5.75 Å². The average Bonchev–Trinajstić information content (AvgIpc) is 2.51. The van der Waals surface area contributed by atoms with Crippen molar-refractivity contribution in [2.75, 3.05) is 18.6 Å². The van der Waals surface area contributed by atoms with Crippen LogP contribution in [0.25, 0.3) is 0 Å². The van der Waals surface area contributed by atoms with Gasteiger partial charge in [0, 0.05) is 17.9 Å². The molecule has 1 rings (SSSR count). The lowest BCUT2D eigenvalue weighted by Crippen LogP contribution is -2.52. The number of benzene rings is 1. The van der Waals surface area contributed by atoms with E-state index in [-0.39, 0.29) is 17.9 Å². The Balaban J connectivity index is 2.60. The first kappa shape index (κ1) is 19.6. The van der Waals surface area contributed by atoms with E-state index in [1.807, 2.05) is 0 Å². The van der Waals surface area contributed by atoms with E-state index >= 15 is 0 Å². The molecule has 0 fully saturated rings. The Labute approximate surface area is 142 Å². The van der Waals surface area contributed by atoms with Crippen LogP contribution in [0, 0.1) is 0 Å². The second-order valence-electron chi connectivity index (χ2n) is 4.98. The van der Waals surface area contributed by atoms with Crippen LogP contribution in [0.4, 0.5) is 0 Å². The Morgan fingerprint density at radius 3 is 2.35 bits per heavy atom. The van der Waals surface area contributed by atoms with E-state index in [9.17, 15) is 14.7 Å². The van der Waals surface area contributed by atoms with Crippen LogP contribution in [-0.2, 0) is 16.0 Å². The van der Waals surface area contributed by atoms with Crippen molar-refractivity contribution >= 4 is 33.5 Å². The number of methoxy groups -OCH3 is 1. The van der Waals surface area contributed by atoms with E-state index < -0.39 is 23.5 Å². The third-order valence-electron chi connectivity index (χ3n) is 3.07. The summed E-state index contributed by atoms with van der Waals surface area (Å²) in [6.07, 6.45) is 0.158. The standard InChI is InChI=1S/C14H20N2O5S2/c1-21-10-4-2-9(3-5-10)6-14(16,13(19)20)8-23-22-7-11(15)12(17)18/h2-5,11H,6-8,15-16H2,1H3,(H,17,18)(H,19,20). The molecule has 7 nitrogen and oxygen atoms in total. The SMILES string of the molecule is COc1ccc(CC(N)(CSSCC(N)C(=O)O)C(=O)O)cc1. The van der Waals surface area contributed by atoms with Crippen LogP contribution in [0.2, 0.25) is 0 Å². The van der Waals surface area contributed by atoms with E-state index in [4.69, 9.17) is 21.3 Å². The van der Waals surface area contributed by atoms with Gasteiger partial charge in [-0.15, -0.1) is 0 Å². The fraction of sp³-hybridized carbons (Fsp3) is 0.429. The minimum absolute atomic E-state index is 0.130. The van der Waals surface area contributed by atoms with Gasteiger partial charge in [-0.25, -0.2) is 0 Å². The monoisotopic (exact) mass is 360 g/mol. The largest absolute Gasteiger partial charge is 0.497 e. The first-order chi connectivity index (χ1) is 10.8.